The Morgan fingerprint density at radius 3 is 2.48 bits per heavy atom. The Hall–Kier alpha value is -1.11. The van der Waals surface area contributed by atoms with Crippen molar-refractivity contribution in [1.82, 2.24) is 0 Å². The number of allylic oxidation sites excluding steroid dienone is 1. The number of rotatable bonds is 5. The Bertz CT molecular complexity index is 562. The summed E-state index contributed by atoms with van der Waals surface area (Å²) in [4.78, 5) is 0. The predicted octanol–water partition coefficient (Wildman–Crippen LogP) is 7.03. The zero-order valence-electron chi connectivity index (χ0n) is 14.8. The second-order valence-corrected chi connectivity index (χ2v) is 7.63. The van der Waals surface area contributed by atoms with Gasteiger partial charge in [0.2, 0.25) is 0 Å². The van der Waals surface area contributed by atoms with Crippen molar-refractivity contribution in [3.63, 3.8) is 0 Å². The lowest BCUT2D eigenvalue weighted by molar-refractivity contribution is 0.304. The van der Waals surface area contributed by atoms with Gasteiger partial charge in [0.1, 0.15) is 5.82 Å². The highest BCUT2D eigenvalue weighted by Crippen LogP contribution is 2.40. The van der Waals surface area contributed by atoms with Gasteiger partial charge in [-0.05, 0) is 79.5 Å². The topological polar surface area (TPSA) is 0 Å². The van der Waals surface area contributed by atoms with Crippen molar-refractivity contribution in [2.75, 3.05) is 0 Å². The van der Waals surface area contributed by atoms with Gasteiger partial charge in [0.15, 0.2) is 0 Å². The van der Waals surface area contributed by atoms with Crippen molar-refractivity contribution in [1.29, 1.82) is 0 Å². The molecule has 0 heterocycles. The monoisotopic (exact) mass is 314 g/mol. The Balaban J connectivity index is 1.75. The van der Waals surface area contributed by atoms with Crippen LogP contribution in [-0.4, -0.2) is 0 Å². The van der Waals surface area contributed by atoms with E-state index in [1.54, 1.807) is 0 Å². The number of hydrogen-bond donors (Lipinski definition) is 0. The minimum atomic E-state index is 0.0386. The van der Waals surface area contributed by atoms with Crippen molar-refractivity contribution < 1.29 is 4.39 Å². The highest BCUT2D eigenvalue weighted by molar-refractivity contribution is 5.60. The Labute approximate surface area is 141 Å². The molecule has 0 aliphatic heterocycles. The Kier molecular flexibility index (Phi) is 5.56. The van der Waals surface area contributed by atoms with E-state index in [1.807, 2.05) is 6.07 Å². The van der Waals surface area contributed by atoms with Crippen LogP contribution in [0.4, 0.5) is 4.39 Å². The van der Waals surface area contributed by atoms with Crippen LogP contribution in [0.15, 0.2) is 17.7 Å². The normalized spacial score (nSPS) is 24.2. The van der Waals surface area contributed by atoms with Crippen LogP contribution in [0.1, 0.15) is 94.2 Å². The second kappa shape index (κ2) is 7.64. The predicted molar refractivity (Wildman–Crippen MR) is 97.2 cm³/mol. The van der Waals surface area contributed by atoms with Gasteiger partial charge >= 0.3 is 0 Å². The molecule has 2 aliphatic rings. The van der Waals surface area contributed by atoms with Crippen molar-refractivity contribution in [2.24, 2.45) is 5.92 Å². The third kappa shape index (κ3) is 3.87. The fourth-order valence-electron chi connectivity index (χ4n) is 4.59. The van der Waals surface area contributed by atoms with Crippen LogP contribution in [-0.2, 0) is 6.42 Å². The average Bonchev–Trinajstić information content (AvgIpc) is 2.56. The molecule has 1 saturated carbocycles. The molecular formula is C22H31F. The zero-order valence-corrected chi connectivity index (χ0v) is 14.8. The van der Waals surface area contributed by atoms with Crippen molar-refractivity contribution in [3.05, 3.63) is 40.2 Å². The third-order valence-corrected chi connectivity index (χ3v) is 5.89. The van der Waals surface area contributed by atoms with E-state index >= 15 is 0 Å². The molecule has 23 heavy (non-hydrogen) atoms. The molecule has 2 aliphatic carbocycles. The van der Waals surface area contributed by atoms with Gasteiger partial charge in [-0.25, -0.2) is 4.39 Å². The second-order valence-electron chi connectivity index (χ2n) is 7.63. The first-order valence-corrected chi connectivity index (χ1v) is 9.73. The van der Waals surface area contributed by atoms with Gasteiger partial charge in [0.25, 0.3) is 0 Å². The summed E-state index contributed by atoms with van der Waals surface area (Å²) in [5, 5.41) is 0. The van der Waals surface area contributed by atoms with Gasteiger partial charge < -0.3 is 0 Å². The zero-order chi connectivity index (χ0) is 16.2. The molecule has 0 N–H and O–H groups in total. The van der Waals surface area contributed by atoms with Crippen molar-refractivity contribution in [3.8, 4) is 0 Å². The van der Waals surface area contributed by atoms with Crippen LogP contribution in [0.2, 0.25) is 0 Å². The molecule has 0 unspecified atom stereocenters. The van der Waals surface area contributed by atoms with E-state index in [1.165, 1.54) is 56.1 Å². The molecule has 0 atom stereocenters. The molecule has 126 valence electrons. The standard InChI is InChI=1S/C22H31F/c1-3-5-16-7-10-18(11-8-16)21-14-19-12-9-17(6-4-2)13-20(19)15-22(21)23/h13-16,18H,3-12H2,1-2H3. The first-order chi connectivity index (χ1) is 11.2. The molecule has 0 bridgehead atoms. The molecule has 1 heteroatoms. The van der Waals surface area contributed by atoms with Crippen LogP contribution in [0.5, 0.6) is 0 Å². The highest BCUT2D eigenvalue weighted by Gasteiger charge is 2.25. The largest absolute Gasteiger partial charge is 0.207 e. The van der Waals surface area contributed by atoms with Crippen LogP contribution < -0.4 is 0 Å². The average molecular weight is 314 g/mol. The SMILES string of the molecule is CCCC1=Cc2cc(F)c(C3CCC(CCC)CC3)cc2CC1. The Morgan fingerprint density at radius 2 is 1.78 bits per heavy atom. The van der Waals surface area contributed by atoms with Crippen LogP contribution in [0.3, 0.4) is 0 Å². The Morgan fingerprint density at radius 1 is 1.00 bits per heavy atom. The number of halogens is 1. The number of hydrogen-bond acceptors (Lipinski definition) is 0. The molecule has 0 amide bonds. The van der Waals surface area contributed by atoms with Crippen LogP contribution in [0.25, 0.3) is 6.08 Å². The highest BCUT2D eigenvalue weighted by atomic mass is 19.1. The number of fused-ring (bicyclic) bond motifs is 1. The number of aryl methyl sites for hydroxylation is 1. The van der Waals surface area contributed by atoms with Crippen molar-refractivity contribution >= 4 is 6.08 Å². The summed E-state index contributed by atoms with van der Waals surface area (Å²) < 4.78 is 14.7. The summed E-state index contributed by atoms with van der Waals surface area (Å²) in [5.74, 6) is 1.38. The van der Waals surface area contributed by atoms with E-state index in [-0.39, 0.29) is 5.82 Å². The first-order valence-electron chi connectivity index (χ1n) is 9.73. The van der Waals surface area contributed by atoms with Gasteiger partial charge in [0, 0.05) is 0 Å². The third-order valence-electron chi connectivity index (χ3n) is 5.89. The van der Waals surface area contributed by atoms with E-state index in [9.17, 15) is 4.39 Å². The quantitative estimate of drug-likeness (QED) is 0.547. The molecule has 0 aromatic heterocycles. The summed E-state index contributed by atoms with van der Waals surface area (Å²) in [7, 11) is 0. The smallest absolute Gasteiger partial charge is 0.127 e. The molecule has 1 aromatic rings. The molecule has 0 radical (unpaired) electrons. The molecule has 0 nitrogen and oxygen atoms in total. The fraction of sp³-hybridized carbons (Fsp3) is 0.636. The minimum absolute atomic E-state index is 0.0386. The lowest BCUT2D eigenvalue weighted by Crippen LogP contribution is -2.15. The summed E-state index contributed by atoms with van der Waals surface area (Å²) >= 11 is 0. The lowest BCUT2D eigenvalue weighted by atomic mass is 9.76. The van der Waals surface area contributed by atoms with Gasteiger partial charge in [-0.2, -0.15) is 0 Å². The minimum Gasteiger partial charge on any atom is -0.207 e. The molecule has 0 saturated heterocycles. The summed E-state index contributed by atoms with van der Waals surface area (Å²) in [6.45, 7) is 4.49. The van der Waals surface area contributed by atoms with E-state index in [0.29, 0.717) is 5.92 Å². The maximum absolute atomic E-state index is 14.7. The lowest BCUT2D eigenvalue weighted by Gasteiger charge is -2.29. The summed E-state index contributed by atoms with van der Waals surface area (Å²) in [5.41, 5.74) is 5.01. The summed E-state index contributed by atoms with van der Waals surface area (Å²) in [6, 6.07) is 4.02. The first kappa shape index (κ1) is 16.7. The van der Waals surface area contributed by atoms with Crippen LogP contribution >= 0.6 is 0 Å². The van der Waals surface area contributed by atoms with Gasteiger partial charge in [0.05, 0.1) is 0 Å². The van der Waals surface area contributed by atoms with Crippen molar-refractivity contribution in [2.45, 2.75) is 84.0 Å². The molecule has 3 rings (SSSR count). The maximum atomic E-state index is 14.7. The van der Waals surface area contributed by atoms with Gasteiger partial charge in [-0.1, -0.05) is 50.8 Å². The fourth-order valence-corrected chi connectivity index (χ4v) is 4.59. The number of benzene rings is 1. The van der Waals surface area contributed by atoms with Gasteiger partial charge in [-0.3, -0.25) is 0 Å². The van der Waals surface area contributed by atoms with E-state index in [4.69, 9.17) is 0 Å². The maximum Gasteiger partial charge on any atom is 0.127 e. The molecule has 1 aromatic carbocycles. The van der Waals surface area contributed by atoms with Gasteiger partial charge in [-0.15, -0.1) is 0 Å². The summed E-state index contributed by atoms with van der Waals surface area (Å²) in [6.07, 6.45) is 14.4. The van der Waals surface area contributed by atoms with E-state index in [2.05, 4.69) is 26.0 Å². The molecule has 1 fully saturated rings. The van der Waals surface area contributed by atoms with E-state index in [0.717, 1.165) is 36.3 Å². The van der Waals surface area contributed by atoms with Crippen LogP contribution in [0, 0.1) is 11.7 Å². The molecule has 0 spiro atoms. The van der Waals surface area contributed by atoms with E-state index < -0.39 is 0 Å². The molecular weight excluding hydrogens is 283 g/mol.